The van der Waals surface area contributed by atoms with Gasteiger partial charge in [0.25, 0.3) is 0 Å². The molecule has 0 aromatic heterocycles. The van der Waals surface area contributed by atoms with Crippen LogP contribution in [-0.4, -0.2) is 22.4 Å². The normalized spacial score (nSPS) is 42.3. The average molecular weight is 158 g/mol. The maximum atomic E-state index is 10.2. The second kappa shape index (κ2) is 2.20. The van der Waals surface area contributed by atoms with Crippen molar-refractivity contribution in [2.24, 2.45) is 5.92 Å². The highest BCUT2D eigenvalue weighted by atomic mass is 16.6. The van der Waals surface area contributed by atoms with Crippen LogP contribution < -0.4 is 0 Å². The molecule has 2 nitrogen and oxygen atoms in total. The molecule has 0 unspecified atom stereocenters. The van der Waals surface area contributed by atoms with Crippen molar-refractivity contribution in [1.29, 1.82) is 0 Å². The Morgan fingerprint density at radius 2 is 1.82 bits per heavy atom. The molecular formula is C9H18O2. The predicted molar refractivity (Wildman–Crippen MR) is 44.4 cm³/mol. The van der Waals surface area contributed by atoms with Gasteiger partial charge in [0.15, 0.2) is 0 Å². The second-order valence-electron chi connectivity index (χ2n) is 4.25. The fourth-order valence-electron chi connectivity index (χ4n) is 2.22. The van der Waals surface area contributed by atoms with Gasteiger partial charge in [-0.25, -0.2) is 0 Å². The Bertz CT molecular complexity index is 156. The molecule has 1 aliphatic heterocycles. The summed E-state index contributed by atoms with van der Waals surface area (Å²) in [6.45, 7) is 9.85. The maximum absolute atomic E-state index is 10.2. The van der Waals surface area contributed by atoms with Gasteiger partial charge >= 0.3 is 0 Å². The largest absolute Gasteiger partial charge is 0.384 e. The standard InChI is InChI=1S/C9H18O2/c1-6(2)9(10)7(3)11-8(9,4)5/h6-7,10H,1-5H3/t7-,9-/m1/s1. The summed E-state index contributed by atoms with van der Waals surface area (Å²) < 4.78 is 5.45. The van der Waals surface area contributed by atoms with Crippen molar-refractivity contribution in [3.63, 3.8) is 0 Å². The van der Waals surface area contributed by atoms with Crippen LogP contribution in [0.1, 0.15) is 34.6 Å². The molecule has 2 heteroatoms. The predicted octanol–water partition coefficient (Wildman–Crippen LogP) is 1.57. The van der Waals surface area contributed by atoms with Gasteiger partial charge in [-0.15, -0.1) is 0 Å². The maximum Gasteiger partial charge on any atom is 0.121 e. The minimum absolute atomic E-state index is 0.0301. The lowest BCUT2D eigenvalue weighted by Crippen LogP contribution is -2.73. The van der Waals surface area contributed by atoms with Crippen LogP contribution in [0.25, 0.3) is 0 Å². The van der Waals surface area contributed by atoms with E-state index in [-0.39, 0.29) is 17.6 Å². The number of hydrogen-bond acceptors (Lipinski definition) is 2. The first-order valence-corrected chi connectivity index (χ1v) is 4.22. The molecule has 1 aliphatic rings. The molecule has 0 bridgehead atoms. The fraction of sp³-hybridized carbons (Fsp3) is 1.00. The van der Waals surface area contributed by atoms with Crippen LogP contribution in [0.15, 0.2) is 0 Å². The molecule has 1 rings (SSSR count). The number of ether oxygens (including phenoxy) is 1. The highest BCUT2D eigenvalue weighted by Crippen LogP contribution is 2.46. The Morgan fingerprint density at radius 3 is 1.91 bits per heavy atom. The molecule has 11 heavy (non-hydrogen) atoms. The lowest BCUT2D eigenvalue weighted by Gasteiger charge is -2.59. The summed E-state index contributed by atoms with van der Waals surface area (Å²) in [5.74, 6) is 0.251. The lowest BCUT2D eigenvalue weighted by atomic mass is 9.68. The quantitative estimate of drug-likeness (QED) is 0.627. The fourth-order valence-corrected chi connectivity index (χ4v) is 2.22. The minimum atomic E-state index is -0.646. The lowest BCUT2D eigenvalue weighted by molar-refractivity contribution is -0.347. The topological polar surface area (TPSA) is 29.5 Å². The third-order valence-electron chi connectivity index (χ3n) is 2.94. The Balaban J connectivity index is 2.83. The number of hydrogen-bond donors (Lipinski definition) is 1. The molecule has 0 aliphatic carbocycles. The van der Waals surface area contributed by atoms with Gasteiger partial charge in [-0.3, -0.25) is 0 Å². The minimum Gasteiger partial charge on any atom is -0.384 e. The zero-order valence-corrected chi connectivity index (χ0v) is 8.01. The molecule has 0 radical (unpaired) electrons. The van der Waals surface area contributed by atoms with Crippen molar-refractivity contribution >= 4 is 0 Å². The van der Waals surface area contributed by atoms with E-state index in [0.717, 1.165) is 0 Å². The summed E-state index contributed by atoms with van der Waals surface area (Å²) in [4.78, 5) is 0. The van der Waals surface area contributed by atoms with Crippen molar-refractivity contribution in [1.82, 2.24) is 0 Å². The smallest absolute Gasteiger partial charge is 0.121 e. The summed E-state index contributed by atoms with van der Waals surface area (Å²) in [7, 11) is 0. The molecule has 1 N–H and O–H groups in total. The van der Waals surface area contributed by atoms with Gasteiger partial charge in [-0.1, -0.05) is 13.8 Å². The zero-order chi connectivity index (χ0) is 8.86. The van der Waals surface area contributed by atoms with E-state index in [1.54, 1.807) is 0 Å². The van der Waals surface area contributed by atoms with E-state index in [1.165, 1.54) is 0 Å². The third-order valence-corrected chi connectivity index (χ3v) is 2.94. The van der Waals surface area contributed by atoms with Gasteiger partial charge in [0.05, 0.1) is 11.7 Å². The SMILES string of the molecule is CC(C)[C@@]1(O)[C@@H](C)OC1(C)C. The monoisotopic (exact) mass is 158 g/mol. The molecule has 1 heterocycles. The molecule has 0 aromatic carbocycles. The molecule has 66 valence electrons. The van der Waals surface area contributed by atoms with Crippen LogP contribution in [0.5, 0.6) is 0 Å². The van der Waals surface area contributed by atoms with Crippen LogP contribution >= 0.6 is 0 Å². The molecule has 2 atom stereocenters. The third kappa shape index (κ3) is 0.926. The van der Waals surface area contributed by atoms with Crippen molar-refractivity contribution < 1.29 is 9.84 Å². The van der Waals surface area contributed by atoms with Crippen molar-refractivity contribution in [2.75, 3.05) is 0 Å². The number of rotatable bonds is 1. The zero-order valence-electron chi connectivity index (χ0n) is 8.01. The van der Waals surface area contributed by atoms with E-state index < -0.39 is 5.60 Å². The van der Waals surface area contributed by atoms with Crippen molar-refractivity contribution in [2.45, 2.75) is 51.9 Å². The van der Waals surface area contributed by atoms with E-state index >= 15 is 0 Å². The van der Waals surface area contributed by atoms with E-state index in [0.29, 0.717) is 0 Å². The summed E-state index contributed by atoms with van der Waals surface area (Å²) in [6, 6.07) is 0. The Hall–Kier alpha value is -0.0800. The first-order chi connectivity index (χ1) is 4.82. The highest BCUT2D eigenvalue weighted by Gasteiger charge is 2.60. The molecule has 1 saturated heterocycles. The van der Waals surface area contributed by atoms with Gasteiger partial charge in [0, 0.05) is 0 Å². The summed E-state index contributed by atoms with van der Waals surface area (Å²) in [5, 5.41) is 10.2. The summed E-state index contributed by atoms with van der Waals surface area (Å²) >= 11 is 0. The first-order valence-electron chi connectivity index (χ1n) is 4.22. The first kappa shape index (κ1) is 9.01. The van der Waals surface area contributed by atoms with Crippen LogP contribution in [0.3, 0.4) is 0 Å². The van der Waals surface area contributed by atoms with Crippen LogP contribution in [0, 0.1) is 5.92 Å². The van der Waals surface area contributed by atoms with E-state index in [2.05, 4.69) is 0 Å². The Kier molecular flexibility index (Phi) is 1.81. The Labute approximate surface area is 68.6 Å². The van der Waals surface area contributed by atoms with E-state index in [1.807, 2.05) is 34.6 Å². The van der Waals surface area contributed by atoms with E-state index in [9.17, 15) is 5.11 Å². The Morgan fingerprint density at radius 1 is 1.36 bits per heavy atom. The average Bonchev–Trinajstić information content (AvgIpc) is 1.85. The molecule has 0 saturated carbocycles. The van der Waals surface area contributed by atoms with Crippen molar-refractivity contribution in [3.8, 4) is 0 Å². The summed E-state index contributed by atoms with van der Waals surface area (Å²) in [5.41, 5.74) is -1.02. The van der Waals surface area contributed by atoms with Gasteiger partial charge in [0.2, 0.25) is 0 Å². The second-order valence-corrected chi connectivity index (χ2v) is 4.25. The molecule has 0 amide bonds. The molecule has 0 aromatic rings. The molecule has 0 spiro atoms. The van der Waals surface area contributed by atoms with Crippen LogP contribution in [0.4, 0.5) is 0 Å². The summed E-state index contributed by atoms with van der Waals surface area (Å²) in [6.07, 6.45) is -0.0301. The van der Waals surface area contributed by atoms with Crippen LogP contribution in [0.2, 0.25) is 0 Å². The highest BCUT2D eigenvalue weighted by molar-refractivity contribution is 5.09. The van der Waals surface area contributed by atoms with Crippen molar-refractivity contribution in [3.05, 3.63) is 0 Å². The molecular weight excluding hydrogens is 140 g/mol. The van der Waals surface area contributed by atoms with Crippen LogP contribution in [-0.2, 0) is 4.74 Å². The van der Waals surface area contributed by atoms with Gasteiger partial charge < -0.3 is 9.84 Å². The van der Waals surface area contributed by atoms with Gasteiger partial charge in [-0.2, -0.15) is 0 Å². The molecule has 1 fully saturated rings. The van der Waals surface area contributed by atoms with Gasteiger partial charge in [0.1, 0.15) is 5.60 Å². The van der Waals surface area contributed by atoms with E-state index in [4.69, 9.17) is 4.74 Å². The number of aliphatic hydroxyl groups is 1. The van der Waals surface area contributed by atoms with Gasteiger partial charge in [-0.05, 0) is 26.7 Å².